The van der Waals surface area contributed by atoms with Crippen molar-refractivity contribution in [3.8, 4) is 11.3 Å². The van der Waals surface area contributed by atoms with Crippen LogP contribution in [-0.2, 0) is 0 Å². The van der Waals surface area contributed by atoms with Crippen LogP contribution in [0.1, 0.15) is 42.5 Å². The van der Waals surface area contributed by atoms with Gasteiger partial charge in [0.2, 0.25) is 0 Å². The monoisotopic (exact) mass is 325 g/mol. The quantitative estimate of drug-likeness (QED) is 0.909. The number of oxazole rings is 1. The van der Waals surface area contributed by atoms with Crippen LogP contribution >= 0.6 is 0 Å². The molecule has 2 aliphatic carbocycles. The smallest absolute Gasteiger partial charge is 0.251 e. The SMILES string of the molecule is NC1CC2CCCC(C1)C2NC(=O)c1ccc(-c2cnco2)cc1. The van der Waals surface area contributed by atoms with Crippen LogP contribution in [0.4, 0.5) is 0 Å². The normalized spacial score (nSPS) is 29.2. The third kappa shape index (κ3) is 2.96. The summed E-state index contributed by atoms with van der Waals surface area (Å²) in [5, 5.41) is 3.28. The van der Waals surface area contributed by atoms with Gasteiger partial charge < -0.3 is 15.5 Å². The molecule has 2 saturated carbocycles. The van der Waals surface area contributed by atoms with Crippen LogP contribution in [-0.4, -0.2) is 23.0 Å². The molecule has 1 amide bonds. The molecule has 2 fully saturated rings. The van der Waals surface area contributed by atoms with Crippen molar-refractivity contribution in [1.82, 2.24) is 10.3 Å². The second-order valence-corrected chi connectivity index (χ2v) is 7.12. The van der Waals surface area contributed by atoms with Gasteiger partial charge in [-0.25, -0.2) is 4.98 Å². The number of benzene rings is 1. The Morgan fingerprint density at radius 2 is 1.88 bits per heavy atom. The second-order valence-electron chi connectivity index (χ2n) is 7.12. The van der Waals surface area contributed by atoms with Gasteiger partial charge >= 0.3 is 0 Å². The molecule has 1 aromatic carbocycles. The van der Waals surface area contributed by atoms with E-state index >= 15 is 0 Å². The van der Waals surface area contributed by atoms with Gasteiger partial charge in [0.05, 0.1) is 6.20 Å². The number of nitrogens with one attached hydrogen (secondary N) is 1. The van der Waals surface area contributed by atoms with Gasteiger partial charge in [0.1, 0.15) is 0 Å². The van der Waals surface area contributed by atoms with E-state index < -0.39 is 0 Å². The predicted octanol–water partition coefficient (Wildman–Crippen LogP) is 2.98. The van der Waals surface area contributed by atoms with Gasteiger partial charge in [0, 0.05) is 23.2 Å². The Hall–Kier alpha value is -2.14. The highest BCUT2D eigenvalue weighted by Crippen LogP contribution is 2.39. The number of hydrogen-bond donors (Lipinski definition) is 2. The summed E-state index contributed by atoms with van der Waals surface area (Å²) in [6, 6.07) is 8.06. The van der Waals surface area contributed by atoms with Gasteiger partial charge in [-0.15, -0.1) is 0 Å². The first-order valence-corrected chi connectivity index (χ1v) is 8.76. The molecular weight excluding hydrogens is 302 g/mol. The minimum atomic E-state index is 0.0106. The van der Waals surface area contributed by atoms with E-state index in [-0.39, 0.29) is 11.9 Å². The predicted molar refractivity (Wildman–Crippen MR) is 91.2 cm³/mol. The summed E-state index contributed by atoms with van der Waals surface area (Å²) < 4.78 is 5.28. The minimum Gasteiger partial charge on any atom is -0.444 e. The van der Waals surface area contributed by atoms with Crippen molar-refractivity contribution in [2.45, 2.75) is 44.2 Å². The molecule has 1 heterocycles. The molecule has 24 heavy (non-hydrogen) atoms. The fourth-order valence-corrected chi connectivity index (χ4v) is 4.40. The van der Waals surface area contributed by atoms with Crippen molar-refractivity contribution in [2.24, 2.45) is 17.6 Å². The number of amides is 1. The third-order valence-electron chi connectivity index (χ3n) is 5.54. The summed E-state index contributed by atoms with van der Waals surface area (Å²) in [4.78, 5) is 16.6. The van der Waals surface area contributed by atoms with Crippen molar-refractivity contribution in [3.63, 3.8) is 0 Å². The number of nitrogens with two attached hydrogens (primary N) is 1. The molecule has 2 aromatic rings. The van der Waals surface area contributed by atoms with Crippen molar-refractivity contribution >= 4 is 5.91 Å². The first-order chi connectivity index (χ1) is 11.7. The molecule has 2 bridgehead atoms. The van der Waals surface area contributed by atoms with Gasteiger partial charge in [-0.2, -0.15) is 0 Å². The maximum atomic E-state index is 12.6. The fraction of sp³-hybridized carbons (Fsp3) is 0.474. The highest BCUT2D eigenvalue weighted by Gasteiger charge is 2.39. The molecule has 1 aromatic heterocycles. The Morgan fingerprint density at radius 3 is 2.50 bits per heavy atom. The summed E-state index contributed by atoms with van der Waals surface area (Å²) in [6.45, 7) is 0. The number of carbonyl (C=O) groups excluding carboxylic acids is 1. The van der Waals surface area contributed by atoms with Crippen molar-refractivity contribution in [3.05, 3.63) is 42.4 Å². The molecule has 5 heteroatoms. The van der Waals surface area contributed by atoms with E-state index in [0.717, 1.165) is 18.4 Å². The lowest BCUT2D eigenvalue weighted by Crippen LogP contribution is -2.53. The Kier molecular flexibility index (Phi) is 4.10. The lowest BCUT2D eigenvalue weighted by atomic mass is 9.67. The number of nitrogens with zero attached hydrogens (tertiary/aromatic N) is 1. The summed E-state index contributed by atoms with van der Waals surface area (Å²) in [5.74, 6) is 1.78. The van der Waals surface area contributed by atoms with E-state index in [1.807, 2.05) is 24.3 Å². The highest BCUT2D eigenvalue weighted by atomic mass is 16.3. The van der Waals surface area contributed by atoms with Crippen LogP contribution in [0.15, 0.2) is 41.3 Å². The minimum absolute atomic E-state index is 0.0106. The van der Waals surface area contributed by atoms with Crippen LogP contribution in [0.5, 0.6) is 0 Å². The third-order valence-corrected chi connectivity index (χ3v) is 5.54. The van der Waals surface area contributed by atoms with Crippen LogP contribution in [0.2, 0.25) is 0 Å². The van der Waals surface area contributed by atoms with E-state index in [1.165, 1.54) is 25.7 Å². The number of rotatable bonds is 3. The number of aromatic nitrogens is 1. The van der Waals surface area contributed by atoms with Gasteiger partial charge in [-0.05, 0) is 49.7 Å². The molecule has 2 unspecified atom stereocenters. The van der Waals surface area contributed by atoms with E-state index in [9.17, 15) is 4.79 Å². The molecule has 0 spiro atoms. The van der Waals surface area contributed by atoms with Crippen molar-refractivity contribution in [2.75, 3.05) is 0 Å². The van der Waals surface area contributed by atoms with Crippen molar-refractivity contribution < 1.29 is 9.21 Å². The van der Waals surface area contributed by atoms with Crippen LogP contribution in [0.3, 0.4) is 0 Å². The summed E-state index contributed by atoms with van der Waals surface area (Å²) in [6.07, 6.45) is 8.77. The average Bonchev–Trinajstić information content (AvgIpc) is 3.10. The number of hydrogen-bond acceptors (Lipinski definition) is 4. The molecule has 5 nitrogen and oxygen atoms in total. The zero-order valence-corrected chi connectivity index (χ0v) is 13.7. The zero-order valence-electron chi connectivity index (χ0n) is 13.7. The Labute approximate surface area is 141 Å². The number of carbonyl (C=O) groups is 1. The maximum Gasteiger partial charge on any atom is 0.251 e. The molecule has 2 aliphatic rings. The second kappa shape index (κ2) is 6.40. The van der Waals surface area contributed by atoms with Crippen LogP contribution < -0.4 is 11.1 Å². The Bertz CT molecular complexity index is 682. The van der Waals surface area contributed by atoms with E-state index in [2.05, 4.69) is 10.3 Å². The van der Waals surface area contributed by atoms with E-state index in [1.54, 1.807) is 6.20 Å². The number of fused-ring (bicyclic) bond motifs is 2. The van der Waals surface area contributed by atoms with E-state index in [0.29, 0.717) is 29.2 Å². The average molecular weight is 325 g/mol. The van der Waals surface area contributed by atoms with Gasteiger partial charge in [0.15, 0.2) is 12.2 Å². The summed E-state index contributed by atoms with van der Waals surface area (Å²) >= 11 is 0. The molecule has 3 N–H and O–H groups in total. The Balaban J connectivity index is 1.46. The summed E-state index contributed by atoms with van der Waals surface area (Å²) in [7, 11) is 0. The molecule has 4 rings (SSSR count). The highest BCUT2D eigenvalue weighted by molar-refractivity contribution is 5.94. The van der Waals surface area contributed by atoms with Crippen molar-refractivity contribution in [1.29, 1.82) is 0 Å². The van der Waals surface area contributed by atoms with E-state index in [4.69, 9.17) is 10.2 Å². The lowest BCUT2D eigenvalue weighted by Gasteiger charge is -2.45. The van der Waals surface area contributed by atoms with Crippen LogP contribution in [0.25, 0.3) is 11.3 Å². The molecule has 0 aliphatic heterocycles. The summed E-state index contributed by atoms with van der Waals surface area (Å²) in [5.41, 5.74) is 7.77. The standard InChI is InChI=1S/C19H23N3O2/c20-16-8-14-2-1-3-15(9-16)18(14)22-19(23)13-6-4-12(5-7-13)17-10-21-11-24-17/h4-7,10-11,14-16,18H,1-3,8-9,20H2,(H,22,23). The molecule has 0 saturated heterocycles. The first-order valence-electron chi connectivity index (χ1n) is 8.76. The Morgan fingerprint density at radius 1 is 1.17 bits per heavy atom. The van der Waals surface area contributed by atoms with Gasteiger partial charge in [0.25, 0.3) is 5.91 Å². The zero-order chi connectivity index (χ0) is 16.5. The van der Waals surface area contributed by atoms with Crippen LogP contribution in [0, 0.1) is 11.8 Å². The topological polar surface area (TPSA) is 81.1 Å². The molecule has 126 valence electrons. The van der Waals surface area contributed by atoms with Gasteiger partial charge in [-0.3, -0.25) is 4.79 Å². The largest absolute Gasteiger partial charge is 0.444 e. The lowest BCUT2D eigenvalue weighted by molar-refractivity contribution is 0.0756. The fourth-order valence-electron chi connectivity index (χ4n) is 4.40. The van der Waals surface area contributed by atoms with Gasteiger partial charge in [-0.1, -0.05) is 18.6 Å². The first kappa shape index (κ1) is 15.4. The molecule has 0 radical (unpaired) electrons. The molecular formula is C19H23N3O2. The maximum absolute atomic E-state index is 12.6. The molecule has 2 atom stereocenters.